The first-order valence-electron chi connectivity index (χ1n) is 11.9. The number of hydrogen-bond donors (Lipinski definition) is 2. The molecule has 3 atom stereocenters. The number of aryl methyl sites for hydroxylation is 1. The Hall–Kier alpha value is -2.91. The fourth-order valence-electron chi connectivity index (χ4n) is 5.09. The van der Waals surface area contributed by atoms with Gasteiger partial charge in [0, 0.05) is 0 Å². The molecular formula is C30H30N2OPS+. The third kappa shape index (κ3) is 4.43. The monoisotopic (exact) mass is 497 g/mol. The number of carbonyl (C=O) groups is 1. The minimum absolute atomic E-state index is 0.0657. The van der Waals surface area contributed by atoms with Gasteiger partial charge in [0.25, 0.3) is 5.91 Å². The highest BCUT2D eigenvalue weighted by Gasteiger charge is 2.60. The van der Waals surface area contributed by atoms with Gasteiger partial charge in [0.05, 0.1) is 0 Å². The average molecular weight is 498 g/mol. The molecule has 1 fully saturated rings. The number of rotatable bonds is 6. The van der Waals surface area contributed by atoms with Crippen LogP contribution in [0.2, 0.25) is 0 Å². The van der Waals surface area contributed by atoms with Crippen molar-refractivity contribution in [1.82, 2.24) is 10.6 Å². The molecule has 1 amide bonds. The van der Waals surface area contributed by atoms with E-state index in [2.05, 4.69) is 121 Å². The third-order valence-corrected chi connectivity index (χ3v) is 12.6. The van der Waals surface area contributed by atoms with Crippen LogP contribution in [-0.4, -0.2) is 23.2 Å². The van der Waals surface area contributed by atoms with Gasteiger partial charge in [-0.1, -0.05) is 84.4 Å². The number of amides is 1. The first kappa shape index (κ1) is 23.8. The molecule has 0 saturated carbocycles. The Morgan fingerprint density at radius 1 is 0.686 bits per heavy atom. The highest BCUT2D eigenvalue weighted by molar-refractivity contribution is 8.02. The molecule has 1 saturated heterocycles. The summed E-state index contributed by atoms with van der Waals surface area (Å²) in [5.41, 5.74) is 2.01. The highest BCUT2D eigenvalue weighted by atomic mass is 32.2. The second-order valence-electron chi connectivity index (χ2n) is 8.85. The normalized spacial score (nSPS) is 20.3. The Morgan fingerprint density at radius 3 is 1.57 bits per heavy atom. The second-order valence-corrected chi connectivity index (χ2v) is 13.4. The predicted molar refractivity (Wildman–Crippen MR) is 151 cm³/mol. The van der Waals surface area contributed by atoms with Crippen LogP contribution in [0.1, 0.15) is 17.3 Å². The molecule has 4 aromatic carbocycles. The van der Waals surface area contributed by atoms with E-state index in [4.69, 9.17) is 0 Å². The smallest absolute Gasteiger partial charge is 0.266 e. The van der Waals surface area contributed by atoms with Gasteiger partial charge in [0.2, 0.25) is 0 Å². The van der Waals surface area contributed by atoms with Crippen molar-refractivity contribution in [3.05, 3.63) is 126 Å². The van der Waals surface area contributed by atoms with E-state index in [1.165, 1.54) is 21.5 Å². The molecule has 3 unspecified atom stereocenters. The lowest BCUT2D eigenvalue weighted by atomic mass is 10.1. The fraction of sp³-hybridized carbons (Fsp3) is 0.167. The zero-order valence-corrected chi connectivity index (χ0v) is 21.7. The largest absolute Gasteiger partial charge is 0.333 e. The summed E-state index contributed by atoms with van der Waals surface area (Å²) in [5.74, 6) is 0.0959. The first-order chi connectivity index (χ1) is 17.1. The SMILES string of the molecule is CSC1NC(c2ccc(C)cc2)NC(=O)C1[P+](c1ccccc1)(c1ccccc1)c1ccccc1. The van der Waals surface area contributed by atoms with Gasteiger partial charge >= 0.3 is 0 Å². The first-order valence-corrected chi connectivity index (χ1v) is 15.0. The Bertz CT molecular complexity index is 1170. The molecule has 1 aliphatic heterocycles. The molecule has 0 bridgehead atoms. The molecule has 1 heterocycles. The molecule has 5 rings (SSSR count). The van der Waals surface area contributed by atoms with Gasteiger partial charge in [-0.15, -0.1) is 11.8 Å². The van der Waals surface area contributed by atoms with E-state index in [1.54, 1.807) is 11.8 Å². The van der Waals surface area contributed by atoms with Crippen molar-refractivity contribution in [2.75, 3.05) is 6.26 Å². The lowest BCUT2D eigenvalue weighted by Crippen LogP contribution is -2.62. The molecule has 2 N–H and O–H groups in total. The minimum atomic E-state index is -2.38. The number of carbonyl (C=O) groups excluding carboxylic acids is 1. The fourth-order valence-corrected chi connectivity index (χ4v) is 11.4. The summed E-state index contributed by atoms with van der Waals surface area (Å²) in [4.78, 5) is 14.2. The minimum Gasteiger partial charge on any atom is -0.333 e. The van der Waals surface area contributed by atoms with Gasteiger partial charge in [0.1, 0.15) is 34.7 Å². The molecule has 35 heavy (non-hydrogen) atoms. The Morgan fingerprint density at radius 2 is 1.14 bits per heavy atom. The Balaban J connectivity index is 1.71. The van der Waals surface area contributed by atoms with Crippen molar-refractivity contribution in [2.24, 2.45) is 0 Å². The van der Waals surface area contributed by atoms with E-state index < -0.39 is 7.26 Å². The molecule has 0 radical (unpaired) electrons. The van der Waals surface area contributed by atoms with Gasteiger partial charge in [-0.3, -0.25) is 10.1 Å². The standard InChI is InChI=1S/C30H29N2OPS/c1-22-18-20-23(21-19-22)28-31-29(33)27(30(32-28)35-2)34(24-12-6-3-7-13-24,25-14-8-4-9-15-25)26-16-10-5-11-17-26/h3-21,27-28,30,32H,1-2H3/p+1. The lowest BCUT2D eigenvalue weighted by Gasteiger charge is -2.42. The van der Waals surface area contributed by atoms with E-state index in [9.17, 15) is 4.79 Å². The third-order valence-electron chi connectivity index (χ3n) is 6.75. The second kappa shape index (κ2) is 10.4. The summed E-state index contributed by atoms with van der Waals surface area (Å²) in [7, 11) is -2.38. The van der Waals surface area contributed by atoms with Gasteiger partial charge < -0.3 is 5.32 Å². The lowest BCUT2D eigenvalue weighted by molar-refractivity contribution is -0.123. The van der Waals surface area contributed by atoms with Crippen molar-refractivity contribution in [3.63, 3.8) is 0 Å². The van der Waals surface area contributed by atoms with E-state index in [0.29, 0.717) is 0 Å². The maximum absolute atomic E-state index is 14.2. The Labute approximate surface area is 212 Å². The molecule has 0 aliphatic carbocycles. The molecule has 176 valence electrons. The highest BCUT2D eigenvalue weighted by Crippen LogP contribution is 2.62. The van der Waals surface area contributed by atoms with Crippen LogP contribution in [0.4, 0.5) is 0 Å². The maximum Gasteiger partial charge on any atom is 0.266 e. The number of hydrogen-bond acceptors (Lipinski definition) is 3. The van der Waals surface area contributed by atoms with Crippen LogP contribution in [0.5, 0.6) is 0 Å². The Kier molecular flexibility index (Phi) is 7.06. The molecule has 1 aliphatic rings. The average Bonchev–Trinajstić information content (AvgIpc) is 2.92. The van der Waals surface area contributed by atoms with E-state index >= 15 is 0 Å². The van der Waals surface area contributed by atoms with E-state index in [1.807, 2.05) is 18.2 Å². The van der Waals surface area contributed by atoms with Crippen LogP contribution in [0.15, 0.2) is 115 Å². The van der Waals surface area contributed by atoms with E-state index in [0.717, 1.165) is 5.56 Å². The van der Waals surface area contributed by atoms with Crippen LogP contribution < -0.4 is 26.5 Å². The van der Waals surface area contributed by atoms with Crippen LogP contribution in [0, 0.1) is 6.92 Å². The summed E-state index contributed by atoms with van der Waals surface area (Å²) in [6.45, 7) is 2.08. The van der Waals surface area contributed by atoms with Crippen LogP contribution >= 0.6 is 19.0 Å². The van der Waals surface area contributed by atoms with Crippen molar-refractivity contribution in [2.45, 2.75) is 24.1 Å². The quantitative estimate of drug-likeness (QED) is 0.377. The van der Waals surface area contributed by atoms with Crippen molar-refractivity contribution in [3.8, 4) is 0 Å². The summed E-state index contributed by atoms with van der Waals surface area (Å²) in [6, 6.07) is 40.3. The predicted octanol–water partition coefficient (Wildman–Crippen LogP) is 4.76. The summed E-state index contributed by atoms with van der Waals surface area (Å²) in [6.07, 6.45) is 1.88. The maximum atomic E-state index is 14.2. The van der Waals surface area contributed by atoms with Crippen molar-refractivity contribution >= 4 is 40.8 Å². The molecular weight excluding hydrogens is 467 g/mol. The topological polar surface area (TPSA) is 41.1 Å². The number of nitrogens with one attached hydrogen (secondary N) is 2. The molecule has 0 aromatic heterocycles. The van der Waals surface area contributed by atoms with Crippen molar-refractivity contribution in [1.29, 1.82) is 0 Å². The zero-order chi connectivity index (χ0) is 24.3. The molecule has 5 heteroatoms. The van der Waals surface area contributed by atoms with Gasteiger partial charge in [-0.25, -0.2) is 0 Å². The zero-order valence-electron chi connectivity index (χ0n) is 20.0. The number of thioether (sulfide) groups is 1. The van der Waals surface area contributed by atoms with Gasteiger partial charge in [-0.2, -0.15) is 0 Å². The number of benzene rings is 4. The van der Waals surface area contributed by atoms with Crippen LogP contribution in [0.3, 0.4) is 0 Å². The van der Waals surface area contributed by atoms with Crippen molar-refractivity contribution < 1.29 is 4.79 Å². The molecule has 4 aromatic rings. The van der Waals surface area contributed by atoms with Gasteiger partial charge in [0.15, 0.2) is 5.66 Å². The van der Waals surface area contributed by atoms with Crippen LogP contribution in [-0.2, 0) is 4.79 Å². The van der Waals surface area contributed by atoms with E-state index in [-0.39, 0.29) is 23.1 Å². The molecule has 3 nitrogen and oxygen atoms in total. The summed E-state index contributed by atoms with van der Waals surface area (Å²) >= 11 is 1.73. The van der Waals surface area contributed by atoms with Gasteiger partial charge in [-0.05, 0) is 55.1 Å². The summed E-state index contributed by atoms with van der Waals surface area (Å²) < 4.78 is 0. The summed E-state index contributed by atoms with van der Waals surface area (Å²) in [5, 5.41) is 10.7. The molecule has 0 spiro atoms. The van der Waals surface area contributed by atoms with Crippen LogP contribution in [0.25, 0.3) is 0 Å².